The molecule has 94 valence electrons. The number of aryl methyl sites for hydroxylation is 1. The van der Waals surface area contributed by atoms with E-state index in [9.17, 15) is 4.79 Å². The van der Waals surface area contributed by atoms with Gasteiger partial charge >= 0.3 is 0 Å². The van der Waals surface area contributed by atoms with E-state index in [0.717, 1.165) is 5.56 Å². The van der Waals surface area contributed by atoms with Crippen LogP contribution in [0.15, 0.2) is 36.7 Å². The topological polar surface area (TPSA) is 81.9 Å². The van der Waals surface area contributed by atoms with Crippen LogP contribution in [0.5, 0.6) is 0 Å². The number of benzene rings is 1. The molecule has 0 aliphatic rings. The number of carbonyl (C=O) groups excluding carboxylic acids is 1. The Morgan fingerprint density at radius 2 is 2.17 bits per heavy atom. The van der Waals surface area contributed by atoms with Crippen LogP contribution in [-0.4, -0.2) is 26.1 Å². The van der Waals surface area contributed by atoms with Crippen LogP contribution >= 0.6 is 0 Å². The lowest BCUT2D eigenvalue weighted by Gasteiger charge is -2.05. The first-order chi connectivity index (χ1) is 8.84. The third-order valence-electron chi connectivity index (χ3n) is 2.20. The number of nitrogens with zero attached hydrogens (tertiary/aromatic N) is 4. The number of hydrogen-bond acceptors (Lipinski definition) is 5. The molecule has 0 aliphatic heterocycles. The van der Waals surface area contributed by atoms with Crippen LogP contribution in [0, 0.1) is 0 Å². The molecule has 0 radical (unpaired) electrons. The van der Waals surface area contributed by atoms with Crippen molar-refractivity contribution in [2.24, 2.45) is 0 Å². The molecule has 2 aromatic rings. The first-order valence-corrected chi connectivity index (χ1v) is 5.50. The summed E-state index contributed by atoms with van der Waals surface area (Å²) >= 11 is 0. The Hall–Kier alpha value is -2.28. The van der Waals surface area contributed by atoms with Crippen LogP contribution in [0.3, 0.4) is 0 Å². The van der Waals surface area contributed by atoms with Gasteiger partial charge in [-0.15, -0.1) is 10.2 Å². The van der Waals surface area contributed by atoms with E-state index in [0.29, 0.717) is 13.2 Å². The normalized spacial score (nSPS) is 10.2. The van der Waals surface area contributed by atoms with E-state index in [2.05, 4.69) is 20.9 Å². The molecule has 7 heteroatoms. The summed E-state index contributed by atoms with van der Waals surface area (Å²) in [4.78, 5) is 17.8. The van der Waals surface area contributed by atoms with Crippen molar-refractivity contribution in [1.82, 2.24) is 25.7 Å². The van der Waals surface area contributed by atoms with Gasteiger partial charge in [0.15, 0.2) is 6.33 Å². The molecule has 0 saturated heterocycles. The van der Waals surface area contributed by atoms with Crippen LogP contribution in [-0.2, 0) is 22.8 Å². The summed E-state index contributed by atoms with van der Waals surface area (Å²) in [6, 6.07) is 9.60. The monoisotopic (exact) mass is 247 g/mol. The second-order valence-corrected chi connectivity index (χ2v) is 3.58. The average Bonchev–Trinajstić information content (AvgIpc) is 2.91. The van der Waals surface area contributed by atoms with Gasteiger partial charge in [-0.05, 0) is 10.8 Å². The van der Waals surface area contributed by atoms with Gasteiger partial charge in [-0.3, -0.25) is 9.63 Å². The average molecular weight is 247 g/mol. The largest absolute Gasteiger partial charge is 0.273 e. The molecule has 0 saturated carbocycles. The second kappa shape index (κ2) is 6.45. The van der Waals surface area contributed by atoms with E-state index in [4.69, 9.17) is 4.84 Å². The van der Waals surface area contributed by atoms with Gasteiger partial charge in [0.2, 0.25) is 5.91 Å². The van der Waals surface area contributed by atoms with Crippen molar-refractivity contribution in [1.29, 1.82) is 0 Å². The number of hydrogen-bond donors (Lipinski definition) is 1. The van der Waals surface area contributed by atoms with Crippen molar-refractivity contribution in [3.8, 4) is 0 Å². The molecule has 1 aromatic carbocycles. The minimum absolute atomic E-state index is 0.219. The van der Waals surface area contributed by atoms with Crippen LogP contribution in [0.25, 0.3) is 0 Å². The summed E-state index contributed by atoms with van der Waals surface area (Å²) in [5.41, 5.74) is 3.36. The van der Waals surface area contributed by atoms with Crippen molar-refractivity contribution >= 4 is 5.91 Å². The lowest BCUT2D eigenvalue weighted by atomic mass is 10.2. The van der Waals surface area contributed by atoms with Crippen molar-refractivity contribution in [3.63, 3.8) is 0 Å². The molecule has 1 aromatic heterocycles. The summed E-state index contributed by atoms with van der Waals surface area (Å²) in [7, 11) is 0. The molecule has 18 heavy (non-hydrogen) atoms. The number of carbonyl (C=O) groups is 1. The molecule has 7 nitrogen and oxygen atoms in total. The Kier molecular flexibility index (Phi) is 4.37. The van der Waals surface area contributed by atoms with E-state index in [1.165, 1.54) is 11.1 Å². The highest BCUT2D eigenvalue weighted by molar-refractivity contribution is 5.74. The number of tetrazole rings is 1. The Bertz CT molecular complexity index is 471. The predicted molar refractivity (Wildman–Crippen MR) is 61.8 cm³/mol. The molecule has 1 N–H and O–H groups in total. The van der Waals surface area contributed by atoms with Crippen molar-refractivity contribution < 1.29 is 9.63 Å². The third-order valence-corrected chi connectivity index (χ3v) is 2.20. The fourth-order valence-corrected chi connectivity index (χ4v) is 1.32. The highest BCUT2D eigenvalue weighted by atomic mass is 16.6. The zero-order valence-electron chi connectivity index (χ0n) is 9.69. The molecule has 0 aliphatic carbocycles. The summed E-state index contributed by atoms with van der Waals surface area (Å²) in [6.45, 7) is 0.717. The quantitative estimate of drug-likeness (QED) is 0.743. The highest BCUT2D eigenvalue weighted by Crippen LogP contribution is 1.99. The van der Waals surface area contributed by atoms with E-state index < -0.39 is 0 Å². The van der Waals surface area contributed by atoms with Crippen LogP contribution < -0.4 is 5.48 Å². The molecule has 0 atom stereocenters. The van der Waals surface area contributed by atoms with Gasteiger partial charge < -0.3 is 0 Å². The standard InChI is InChI=1S/C11H13N5O2/c17-11(6-7-16-13-9-12-15-16)14-18-8-10-4-2-1-3-5-10/h1-5,9H,6-8H2,(H,14,17). The van der Waals surface area contributed by atoms with Crippen LogP contribution in [0.2, 0.25) is 0 Å². The first-order valence-electron chi connectivity index (χ1n) is 5.50. The SMILES string of the molecule is O=C(CCn1ncnn1)NOCc1ccccc1. The molecule has 0 spiro atoms. The van der Waals surface area contributed by atoms with Gasteiger partial charge in [0.1, 0.15) is 0 Å². The molecule has 1 heterocycles. The lowest BCUT2D eigenvalue weighted by molar-refractivity contribution is -0.134. The zero-order valence-corrected chi connectivity index (χ0v) is 9.69. The fraction of sp³-hybridized carbons (Fsp3) is 0.273. The van der Waals surface area contributed by atoms with Crippen molar-refractivity contribution in [2.75, 3.05) is 0 Å². The molecule has 0 unspecified atom stereocenters. The van der Waals surface area contributed by atoms with Gasteiger partial charge in [-0.1, -0.05) is 30.3 Å². The summed E-state index contributed by atoms with van der Waals surface area (Å²) in [6.07, 6.45) is 1.56. The molecule has 0 fully saturated rings. The van der Waals surface area contributed by atoms with Crippen molar-refractivity contribution in [3.05, 3.63) is 42.2 Å². The lowest BCUT2D eigenvalue weighted by Crippen LogP contribution is -2.25. The first kappa shape index (κ1) is 12.2. The van der Waals surface area contributed by atoms with Crippen LogP contribution in [0.1, 0.15) is 12.0 Å². The summed E-state index contributed by atoms with van der Waals surface area (Å²) in [5, 5.41) is 11.0. The number of aromatic nitrogens is 4. The van der Waals surface area contributed by atoms with Gasteiger partial charge in [0, 0.05) is 0 Å². The number of rotatable bonds is 6. The summed E-state index contributed by atoms with van der Waals surface area (Å²) in [5.74, 6) is -0.219. The predicted octanol–water partition coefficient (Wildman–Crippen LogP) is 0.311. The van der Waals surface area contributed by atoms with Crippen LogP contribution in [0.4, 0.5) is 0 Å². The molecule has 1 amide bonds. The Labute approximate surface area is 104 Å². The van der Waals surface area contributed by atoms with E-state index in [-0.39, 0.29) is 12.3 Å². The van der Waals surface area contributed by atoms with E-state index in [1.54, 1.807) is 0 Å². The van der Waals surface area contributed by atoms with E-state index >= 15 is 0 Å². The van der Waals surface area contributed by atoms with Gasteiger partial charge in [-0.2, -0.15) is 4.80 Å². The van der Waals surface area contributed by atoms with Gasteiger partial charge in [0.25, 0.3) is 0 Å². The Balaban J connectivity index is 1.63. The molecule has 0 bridgehead atoms. The van der Waals surface area contributed by atoms with Gasteiger partial charge in [-0.25, -0.2) is 5.48 Å². The number of hydroxylamine groups is 1. The second-order valence-electron chi connectivity index (χ2n) is 3.58. The molecular formula is C11H13N5O2. The maximum Gasteiger partial charge on any atom is 0.245 e. The third kappa shape index (κ3) is 3.95. The van der Waals surface area contributed by atoms with E-state index in [1.807, 2.05) is 30.3 Å². The summed E-state index contributed by atoms with van der Waals surface area (Å²) < 4.78 is 0. The molecule has 2 rings (SSSR count). The number of amides is 1. The van der Waals surface area contributed by atoms with Gasteiger partial charge in [0.05, 0.1) is 19.6 Å². The molecular weight excluding hydrogens is 234 g/mol. The van der Waals surface area contributed by atoms with Crippen molar-refractivity contribution in [2.45, 2.75) is 19.6 Å². The zero-order chi connectivity index (χ0) is 12.6. The highest BCUT2D eigenvalue weighted by Gasteiger charge is 2.03. The minimum atomic E-state index is -0.219. The Morgan fingerprint density at radius 1 is 1.33 bits per heavy atom. The Morgan fingerprint density at radius 3 is 2.89 bits per heavy atom. The maximum atomic E-state index is 11.4. The fourth-order valence-electron chi connectivity index (χ4n) is 1.32. The minimum Gasteiger partial charge on any atom is -0.273 e. The number of nitrogens with one attached hydrogen (secondary N) is 1. The smallest absolute Gasteiger partial charge is 0.245 e. The maximum absolute atomic E-state index is 11.4.